The van der Waals surface area contributed by atoms with Crippen LogP contribution in [-0.4, -0.2) is 59.0 Å². The Kier molecular flexibility index (Phi) is 5.02. The van der Waals surface area contributed by atoms with Gasteiger partial charge in [-0.2, -0.15) is 0 Å². The molecule has 5 heteroatoms. The Morgan fingerprint density at radius 1 is 1.20 bits per heavy atom. The molecule has 1 aliphatic heterocycles. The van der Waals surface area contributed by atoms with Crippen LogP contribution in [-0.2, 0) is 9.59 Å². The molecule has 5 nitrogen and oxygen atoms in total. The summed E-state index contributed by atoms with van der Waals surface area (Å²) >= 11 is 0. The van der Waals surface area contributed by atoms with Gasteiger partial charge in [0.05, 0.1) is 6.61 Å². The van der Waals surface area contributed by atoms with Crippen molar-refractivity contribution in [3.63, 3.8) is 0 Å². The number of nitrogens with zero attached hydrogens (tertiary/aromatic N) is 2. The van der Waals surface area contributed by atoms with E-state index < -0.39 is 0 Å². The molecule has 2 rings (SSSR count). The fourth-order valence-electron chi connectivity index (χ4n) is 2.91. The molecule has 2 amide bonds. The maximum absolute atomic E-state index is 12.5. The summed E-state index contributed by atoms with van der Waals surface area (Å²) in [5.41, 5.74) is 0. The number of amides is 2. The SMILES string of the molecule is CC(C)C(=O)N1CCC(C(=O)N(CCO)C2CC2)CC1. The Labute approximate surface area is 120 Å². The lowest BCUT2D eigenvalue weighted by molar-refractivity contribution is -0.142. The molecular weight excluding hydrogens is 256 g/mol. The van der Waals surface area contributed by atoms with Crippen LogP contribution in [0.15, 0.2) is 0 Å². The van der Waals surface area contributed by atoms with E-state index in [1.54, 1.807) is 0 Å². The monoisotopic (exact) mass is 282 g/mol. The molecule has 2 aliphatic rings. The van der Waals surface area contributed by atoms with Crippen LogP contribution in [0.4, 0.5) is 0 Å². The molecule has 20 heavy (non-hydrogen) atoms. The van der Waals surface area contributed by atoms with Crippen LogP contribution in [0.25, 0.3) is 0 Å². The number of hydrogen-bond acceptors (Lipinski definition) is 3. The van der Waals surface area contributed by atoms with Crippen LogP contribution >= 0.6 is 0 Å². The van der Waals surface area contributed by atoms with E-state index >= 15 is 0 Å². The quantitative estimate of drug-likeness (QED) is 0.814. The summed E-state index contributed by atoms with van der Waals surface area (Å²) in [5, 5.41) is 9.09. The smallest absolute Gasteiger partial charge is 0.226 e. The first-order valence-corrected chi connectivity index (χ1v) is 7.74. The number of piperidine rings is 1. The van der Waals surface area contributed by atoms with Gasteiger partial charge in [0, 0.05) is 37.5 Å². The van der Waals surface area contributed by atoms with Gasteiger partial charge in [-0.1, -0.05) is 13.8 Å². The van der Waals surface area contributed by atoms with Gasteiger partial charge in [0.15, 0.2) is 0 Å². The van der Waals surface area contributed by atoms with Gasteiger partial charge < -0.3 is 14.9 Å². The highest BCUT2D eigenvalue weighted by Gasteiger charge is 2.37. The molecule has 0 spiro atoms. The maximum atomic E-state index is 12.5. The summed E-state index contributed by atoms with van der Waals surface area (Å²) in [6.45, 7) is 5.68. The van der Waals surface area contributed by atoms with E-state index in [0.29, 0.717) is 25.7 Å². The third-order valence-electron chi connectivity index (χ3n) is 4.26. The normalized spacial score (nSPS) is 20.3. The average molecular weight is 282 g/mol. The minimum absolute atomic E-state index is 0.0263. The molecule has 1 heterocycles. The maximum Gasteiger partial charge on any atom is 0.226 e. The van der Waals surface area contributed by atoms with Crippen LogP contribution in [0.3, 0.4) is 0 Å². The van der Waals surface area contributed by atoms with E-state index in [4.69, 9.17) is 5.11 Å². The van der Waals surface area contributed by atoms with E-state index in [2.05, 4.69) is 0 Å². The number of hydrogen-bond donors (Lipinski definition) is 1. The predicted molar refractivity (Wildman–Crippen MR) is 76.0 cm³/mol. The molecule has 0 aromatic rings. The molecule has 0 atom stereocenters. The van der Waals surface area contributed by atoms with Gasteiger partial charge in [0.1, 0.15) is 0 Å². The van der Waals surface area contributed by atoms with Crippen molar-refractivity contribution in [2.75, 3.05) is 26.2 Å². The summed E-state index contributed by atoms with van der Waals surface area (Å²) in [5.74, 6) is 0.418. The highest BCUT2D eigenvalue weighted by Crippen LogP contribution is 2.30. The Morgan fingerprint density at radius 2 is 1.80 bits per heavy atom. The number of aliphatic hydroxyl groups excluding tert-OH is 1. The van der Waals surface area contributed by atoms with E-state index in [1.807, 2.05) is 23.6 Å². The van der Waals surface area contributed by atoms with E-state index in [1.165, 1.54) is 0 Å². The fraction of sp³-hybridized carbons (Fsp3) is 0.867. The van der Waals surface area contributed by atoms with Gasteiger partial charge in [-0.15, -0.1) is 0 Å². The van der Waals surface area contributed by atoms with Crippen LogP contribution < -0.4 is 0 Å². The molecule has 1 N–H and O–H groups in total. The Morgan fingerprint density at radius 3 is 2.25 bits per heavy atom. The van der Waals surface area contributed by atoms with E-state index in [9.17, 15) is 9.59 Å². The predicted octanol–water partition coefficient (Wildman–Crippen LogP) is 0.864. The highest BCUT2D eigenvalue weighted by molar-refractivity contribution is 5.81. The molecule has 0 radical (unpaired) electrons. The fourth-order valence-corrected chi connectivity index (χ4v) is 2.91. The standard InChI is InChI=1S/C15H26N2O3/c1-11(2)14(19)16-7-5-12(6-8-16)15(20)17(9-10-18)13-3-4-13/h11-13,18H,3-10H2,1-2H3. The Bertz CT molecular complexity index is 358. The largest absolute Gasteiger partial charge is 0.395 e. The van der Waals surface area contributed by atoms with Crippen molar-refractivity contribution in [1.82, 2.24) is 9.80 Å². The lowest BCUT2D eigenvalue weighted by Gasteiger charge is -2.35. The Balaban J connectivity index is 1.86. The molecule has 1 saturated carbocycles. The second-order valence-electron chi connectivity index (χ2n) is 6.24. The summed E-state index contributed by atoms with van der Waals surface area (Å²) in [6.07, 6.45) is 3.64. The summed E-state index contributed by atoms with van der Waals surface area (Å²) < 4.78 is 0. The summed E-state index contributed by atoms with van der Waals surface area (Å²) in [6, 6.07) is 0.352. The van der Waals surface area contributed by atoms with Gasteiger partial charge >= 0.3 is 0 Å². The highest BCUT2D eigenvalue weighted by atomic mass is 16.3. The van der Waals surface area contributed by atoms with Crippen molar-refractivity contribution < 1.29 is 14.7 Å². The third-order valence-corrected chi connectivity index (χ3v) is 4.26. The average Bonchev–Trinajstić information content (AvgIpc) is 3.28. The van der Waals surface area contributed by atoms with Crippen molar-refractivity contribution in [2.24, 2.45) is 11.8 Å². The zero-order chi connectivity index (χ0) is 14.7. The number of carbonyl (C=O) groups is 2. The lowest BCUT2D eigenvalue weighted by Crippen LogP contribution is -2.46. The first-order chi connectivity index (χ1) is 9.54. The van der Waals surface area contributed by atoms with Crippen molar-refractivity contribution in [2.45, 2.75) is 45.6 Å². The minimum atomic E-state index is 0.0263. The van der Waals surface area contributed by atoms with E-state index in [-0.39, 0.29) is 30.3 Å². The minimum Gasteiger partial charge on any atom is -0.395 e. The first-order valence-electron chi connectivity index (χ1n) is 7.74. The van der Waals surface area contributed by atoms with Crippen LogP contribution in [0.1, 0.15) is 39.5 Å². The lowest BCUT2D eigenvalue weighted by atomic mass is 9.94. The number of carbonyl (C=O) groups excluding carboxylic acids is 2. The van der Waals surface area contributed by atoms with Gasteiger partial charge in [-0.25, -0.2) is 0 Å². The third kappa shape index (κ3) is 3.51. The zero-order valence-corrected chi connectivity index (χ0v) is 12.5. The topological polar surface area (TPSA) is 60.9 Å². The van der Waals surface area contributed by atoms with Crippen molar-refractivity contribution >= 4 is 11.8 Å². The molecular formula is C15H26N2O3. The molecule has 0 aromatic carbocycles. The van der Waals surface area contributed by atoms with Crippen molar-refractivity contribution in [1.29, 1.82) is 0 Å². The van der Waals surface area contributed by atoms with Crippen molar-refractivity contribution in [3.8, 4) is 0 Å². The molecule has 0 bridgehead atoms. The molecule has 2 fully saturated rings. The van der Waals surface area contributed by atoms with Gasteiger partial charge in [-0.05, 0) is 25.7 Å². The zero-order valence-electron chi connectivity index (χ0n) is 12.5. The van der Waals surface area contributed by atoms with Crippen LogP contribution in [0, 0.1) is 11.8 Å². The van der Waals surface area contributed by atoms with Crippen LogP contribution in [0.2, 0.25) is 0 Å². The molecule has 0 aromatic heterocycles. The summed E-state index contributed by atoms with van der Waals surface area (Å²) in [7, 11) is 0. The first kappa shape index (κ1) is 15.3. The molecule has 114 valence electrons. The second-order valence-corrected chi connectivity index (χ2v) is 6.24. The molecule has 1 aliphatic carbocycles. The molecule has 0 unspecified atom stereocenters. The van der Waals surface area contributed by atoms with Crippen LogP contribution in [0.5, 0.6) is 0 Å². The number of rotatable bonds is 5. The number of likely N-dealkylation sites (tertiary alicyclic amines) is 1. The number of aliphatic hydroxyl groups is 1. The van der Waals surface area contributed by atoms with E-state index in [0.717, 1.165) is 25.7 Å². The Hall–Kier alpha value is -1.10. The van der Waals surface area contributed by atoms with Crippen molar-refractivity contribution in [3.05, 3.63) is 0 Å². The van der Waals surface area contributed by atoms with Gasteiger partial charge in [-0.3, -0.25) is 9.59 Å². The summed E-state index contributed by atoms with van der Waals surface area (Å²) in [4.78, 5) is 28.1. The molecule has 1 saturated heterocycles. The van der Waals surface area contributed by atoms with Gasteiger partial charge in [0.25, 0.3) is 0 Å². The second kappa shape index (κ2) is 6.57. The van der Waals surface area contributed by atoms with Gasteiger partial charge in [0.2, 0.25) is 11.8 Å².